The average molecular weight is 747 g/mol. The van der Waals surface area contributed by atoms with E-state index in [-0.39, 0.29) is 0 Å². The van der Waals surface area contributed by atoms with Gasteiger partial charge in [-0.05, 0) is 92.7 Å². The van der Waals surface area contributed by atoms with E-state index in [2.05, 4.69) is 193 Å². The maximum absolute atomic E-state index is 6.92. The van der Waals surface area contributed by atoms with Crippen molar-refractivity contribution in [1.29, 1.82) is 0 Å². The number of hydrogen-bond donors (Lipinski definition) is 0. The molecular formula is C53H34N2OS. The number of aromatic nitrogens is 1. The maximum atomic E-state index is 6.92. The summed E-state index contributed by atoms with van der Waals surface area (Å²) >= 11 is 1.80. The highest BCUT2D eigenvalue weighted by Gasteiger charge is 2.26. The van der Waals surface area contributed by atoms with E-state index in [0.717, 1.165) is 60.5 Å². The molecule has 0 N–H and O–H groups in total. The molecule has 0 spiro atoms. The van der Waals surface area contributed by atoms with Crippen molar-refractivity contribution in [2.75, 3.05) is 4.90 Å². The van der Waals surface area contributed by atoms with E-state index in [1.807, 2.05) is 18.2 Å². The average Bonchev–Trinajstić information content (AvgIpc) is 3.89. The number of thiophene rings is 1. The van der Waals surface area contributed by atoms with Crippen molar-refractivity contribution < 1.29 is 4.42 Å². The number of anilines is 3. The molecule has 11 rings (SSSR count). The Morgan fingerprint density at radius 3 is 1.77 bits per heavy atom. The first-order chi connectivity index (χ1) is 28.3. The molecule has 0 unspecified atom stereocenters. The molecular weight excluding hydrogens is 713 g/mol. The van der Waals surface area contributed by atoms with Gasteiger partial charge in [-0.2, -0.15) is 0 Å². The van der Waals surface area contributed by atoms with Crippen LogP contribution in [0.1, 0.15) is 0 Å². The molecule has 2 aromatic heterocycles. The van der Waals surface area contributed by atoms with Crippen molar-refractivity contribution in [3.63, 3.8) is 0 Å². The van der Waals surface area contributed by atoms with Gasteiger partial charge in [-0.15, -0.1) is 11.3 Å². The van der Waals surface area contributed by atoms with Gasteiger partial charge in [0.05, 0.1) is 4.70 Å². The highest BCUT2D eigenvalue weighted by molar-refractivity contribution is 7.26. The normalized spacial score (nSPS) is 11.5. The molecule has 0 saturated carbocycles. The summed E-state index contributed by atoms with van der Waals surface area (Å²) in [5.41, 5.74) is 12.6. The van der Waals surface area contributed by atoms with E-state index in [1.54, 1.807) is 11.3 Å². The van der Waals surface area contributed by atoms with Crippen LogP contribution in [0.2, 0.25) is 0 Å². The summed E-state index contributed by atoms with van der Waals surface area (Å²) in [6.45, 7) is 0. The molecule has 0 radical (unpaired) electrons. The second-order valence-electron chi connectivity index (χ2n) is 14.3. The topological polar surface area (TPSA) is 29.3 Å². The summed E-state index contributed by atoms with van der Waals surface area (Å²) < 4.78 is 9.28. The van der Waals surface area contributed by atoms with Crippen LogP contribution in [0.3, 0.4) is 0 Å². The highest BCUT2D eigenvalue weighted by atomic mass is 32.1. The molecule has 9 aromatic carbocycles. The van der Waals surface area contributed by atoms with Crippen molar-refractivity contribution >= 4 is 70.4 Å². The van der Waals surface area contributed by atoms with Gasteiger partial charge < -0.3 is 9.32 Å². The number of oxazole rings is 1. The maximum Gasteiger partial charge on any atom is 0.227 e. The Morgan fingerprint density at radius 2 is 1.02 bits per heavy atom. The summed E-state index contributed by atoms with van der Waals surface area (Å²) in [5.74, 6) is 0.601. The Balaban J connectivity index is 1.20. The minimum absolute atomic E-state index is 0.601. The molecule has 0 bridgehead atoms. The minimum Gasteiger partial charge on any atom is -0.434 e. The predicted molar refractivity (Wildman–Crippen MR) is 241 cm³/mol. The second-order valence-corrected chi connectivity index (χ2v) is 15.4. The summed E-state index contributed by atoms with van der Waals surface area (Å²) in [6.07, 6.45) is 0. The monoisotopic (exact) mass is 746 g/mol. The third kappa shape index (κ3) is 5.78. The van der Waals surface area contributed by atoms with Crippen LogP contribution in [0.5, 0.6) is 0 Å². The lowest BCUT2D eigenvalue weighted by molar-refractivity contribution is 0.620. The lowest BCUT2D eigenvalue weighted by atomic mass is 9.93. The van der Waals surface area contributed by atoms with Crippen LogP contribution < -0.4 is 4.90 Å². The third-order valence-corrected chi connectivity index (χ3v) is 12.1. The van der Waals surface area contributed by atoms with E-state index in [4.69, 9.17) is 9.40 Å². The zero-order valence-electron chi connectivity index (χ0n) is 30.8. The Bertz CT molecular complexity index is 3220. The molecule has 0 aliphatic carbocycles. The van der Waals surface area contributed by atoms with Gasteiger partial charge in [-0.1, -0.05) is 158 Å². The summed E-state index contributed by atoms with van der Waals surface area (Å²) in [4.78, 5) is 7.55. The largest absolute Gasteiger partial charge is 0.434 e. The molecule has 2 heterocycles. The fourth-order valence-electron chi connectivity index (χ4n) is 8.20. The molecule has 268 valence electrons. The number of nitrogens with zero attached hydrogens (tertiary/aromatic N) is 2. The second kappa shape index (κ2) is 13.8. The Labute approximate surface area is 334 Å². The lowest BCUT2D eigenvalue weighted by Crippen LogP contribution is -2.11. The first-order valence-corrected chi connectivity index (χ1v) is 20.0. The minimum atomic E-state index is 0.601. The predicted octanol–water partition coefficient (Wildman–Crippen LogP) is 15.5. The third-order valence-electron chi connectivity index (χ3n) is 10.9. The Hall–Kier alpha value is -7.27. The summed E-state index contributed by atoms with van der Waals surface area (Å²) in [7, 11) is 0. The van der Waals surface area contributed by atoms with Gasteiger partial charge in [0.15, 0.2) is 5.58 Å². The van der Waals surface area contributed by atoms with Crippen LogP contribution in [-0.2, 0) is 0 Å². The van der Waals surface area contributed by atoms with Crippen LogP contribution in [0.15, 0.2) is 211 Å². The van der Waals surface area contributed by atoms with Crippen LogP contribution in [0.25, 0.3) is 86.9 Å². The van der Waals surface area contributed by atoms with Crippen LogP contribution in [-0.4, -0.2) is 4.98 Å². The van der Waals surface area contributed by atoms with Gasteiger partial charge in [0, 0.05) is 32.4 Å². The quantitative estimate of drug-likeness (QED) is 0.163. The first-order valence-electron chi connectivity index (χ1n) is 19.2. The van der Waals surface area contributed by atoms with Gasteiger partial charge in [0.25, 0.3) is 0 Å². The Kier molecular flexibility index (Phi) is 8.01. The van der Waals surface area contributed by atoms with E-state index in [9.17, 15) is 0 Å². The summed E-state index contributed by atoms with van der Waals surface area (Å²) in [6, 6.07) is 73.4. The molecule has 0 atom stereocenters. The standard InChI is InChI=1S/C53H34N2OS/c1-4-15-35(16-5-1)44-32-31-41(33-46(44)37-17-6-2-7-18-37)55(40-29-27-38(28-30-40)43-25-14-22-36-19-10-11-23-42(36)43)50-51-48(54-53(56-51)39-20-8-3-9-21-39)34-47-45-24-12-13-26-49(45)57-52(47)50/h1-34H. The van der Waals surface area contributed by atoms with Gasteiger partial charge in [0.1, 0.15) is 11.2 Å². The molecule has 4 heteroatoms. The molecule has 57 heavy (non-hydrogen) atoms. The zero-order valence-corrected chi connectivity index (χ0v) is 31.7. The molecule has 0 fully saturated rings. The Morgan fingerprint density at radius 1 is 0.421 bits per heavy atom. The van der Waals surface area contributed by atoms with Crippen molar-refractivity contribution in [3.8, 4) is 44.8 Å². The van der Waals surface area contributed by atoms with Crippen LogP contribution >= 0.6 is 11.3 Å². The lowest BCUT2D eigenvalue weighted by Gasteiger charge is -2.27. The van der Waals surface area contributed by atoms with Gasteiger partial charge in [-0.3, -0.25) is 0 Å². The van der Waals surface area contributed by atoms with E-state index in [1.165, 1.54) is 37.5 Å². The van der Waals surface area contributed by atoms with E-state index in [0.29, 0.717) is 5.89 Å². The molecule has 0 saturated heterocycles. The van der Waals surface area contributed by atoms with Crippen LogP contribution in [0, 0.1) is 0 Å². The summed E-state index contributed by atoms with van der Waals surface area (Å²) in [5, 5.41) is 4.83. The van der Waals surface area contributed by atoms with E-state index >= 15 is 0 Å². The van der Waals surface area contributed by atoms with Crippen molar-refractivity contribution in [1.82, 2.24) is 4.98 Å². The molecule has 0 amide bonds. The molecule has 11 aromatic rings. The molecule has 0 aliphatic heterocycles. The van der Waals surface area contributed by atoms with Gasteiger partial charge in [0.2, 0.25) is 5.89 Å². The SMILES string of the molecule is c1ccc(-c2nc3cc4c(sc5ccccc54)c(N(c4ccc(-c5cccc6ccccc56)cc4)c4ccc(-c5ccccc5)c(-c5ccccc5)c4)c3o2)cc1. The fourth-order valence-corrected chi connectivity index (χ4v) is 9.42. The zero-order chi connectivity index (χ0) is 37.7. The number of fused-ring (bicyclic) bond motifs is 5. The molecule has 0 aliphatic rings. The van der Waals surface area contributed by atoms with Crippen molar-refractivity contribution in [2.24, 2.45) is 0 Å². The van der Waals surface area contributed by atoms with Crippen LogP contribution in [0.4, 0.5) is 17.1 Å². The fraction of sp³-hybridized carbons (Fsp3) is 0. The van der Waals surface area contributed by atoms with Gasteiger partial charge in [-0.25, -0.2) is 4.98 Å². The number of rotatable bonds is 7. The van der Waals surface area contributed by atoms with Crippen molar-refractivity contribution in [2.45, 2.75) is 0 Å². The molecule has 3 nitrogen and oxygen atoms in total. The number of hydrogen-bond acceptors (Lipinski definition) is 4. The smallest absolute Gasteiger partial charge is 0.227 e. The first kappa shape index (κ1) is 33.1. The van der Waals surface area contributed by atoms with Gasteiger partial charge >= 0.3 is 0 Å². The highest BCUT2D eigenvalue weighted by Crippen LogP contribution is 2.50. The van der Waals surface area contributed by atoms with Crippen molar-refractivity contribution in [3.05, 3.63) is 206 Å². The van der Waals surface area contributed by atoms with E-state index < -0.39 is 0 Å². The number of benzene rings is 9.